The third kappa shape index (κ3) is 4.22. The van der Waals surface area contributed by atoms with Gasteiger partial charge in [0, 0.05) is 31.2 Å². The van der Waals surface area contributed by atoms with E-state index < -0.39 is 0 Å². The first kappa shape index (κ1) is 15.9. The third-order valence-electron chi connectivity index (χ3n) is 4.66. The average molecular weight is 257 g/mol. The second-order valence-corrected chi connectivity index (χ2v) is 6.12. The maximum Gasteiger partial charge on any atom is 0.0612 e. The number of aliphatic hydroxyl groups is 1. The molecule has 108 valence electrons. The van der Waals surface area contributed by atoms with Crippen LogP contribution in [0.15, 0.2) is 0 Å². The summed E-state index contributed by atoms with van der Waals surface area (Å²) in [6.07, 6.45) is 4.65. The van der Waals surface area contributed by atoms with Gasteiger partial charge in [0.2, 0.25) is 0 Å². The molecule has 0 bridgehead atoms. The van der Waals surface area contributed by atoms with Crippen molar-refractivity contribution in [1.82, 2.24) is 5.32 Å². The van der Waals surface area contributed by atoms with E-state index in [1.54, 1.807) is 0 Å². The Labute approximate surface area is 112 Å². The first-order valence-electron chi connectivity index (χ1n) is 7.52. The second kappa shape index (κ2) is 7.46. The Hall–Kier alpha value is -0.120. The van der Waals surface area contributed by atoms with Crippen molar-refractivity contribution < 1.29 is 9.84 Å². The van der Waals surface area contributed by atoms with Crippen LogP contribution < -0.4 is 5.32 Å². The first-order chi connectivity index (χ1) is 8.56. The Kier molecular flexibility index (Phi) is 6.61. The lowest BCUT2D eigenvalue weighted by Gasteiger charge is -2.36. The molecule has 1 rings (SSSR count). The third-order valence-corrected chi connectivity index (χ3v) is 4.66. The zero-order chi connectivity index (χ0) is 13.6. The summed E-state index contributed by atoms with van der Waals surface area (Å²) in [7, 11) is 0. The monoisotopic (exact) mass is 257 g/mol. The SMILES string of the molecule is CCC(CC)(CO)CNC1CCOC(C(C)C)C1. The molecule has 3 heteroatoms. The van der Waals surface area contributed by atoms with Crippen LogP contribution in [0, 0.1) is 11.3 Å². The summed E-state index contributed by atoms with van der Waals surface area (Å²) in [5, 5.41) is 13.2. The lowest BCUT2D eigenvalue weighted by atomic mass is 9.82. The van der Waals surface area contributed by atoms with Gasteiger partial charge in [0.15, 0.2) is 0 Å². The highest BCUT2D eigenvalue weighted by molar-refractivity contribution is 4.84. The molecular formula is C15H31NO2. The minimum atomic E-state index is 0.0611. The summed E-state index contributed by atoms with van der Waals surface area (Å²) < 4.78 is 5.79. The van der Waals surface area contributed by atoms with Gasteiger partial charge in [-0.05, 0) is 31.6 Å². The fourth-order valence-electron chi connectivity index (χ4n) is 2.62. The molecular weight excluding hydrogens is 226 g/mol. The number of aliphatic hydroxyl groups excluding tert-OH is 1. The zero-order valence-electron chi connectivity index (χ0n) is 12.5. The fourth-order valence-corrected chi connectivity index (χ4v) is 2.62. The van der Waals surface area contributed by atoms with Crippen LogP contribution in [0.5, 0.6) is 0 Å². The van der Waals surface area contributed by atoms with Crippen LogP contribution >= 0.6 is 0 Å². The quantitative estimate of drug-likeness (QED) is 0.736. The van der Waals surface area contributed by atoms with Crippen LogP contribution in [0.3, 0.4) is 0 Å². The number of hydrogen-bond donors (Lipinski definition) is 2. The fraction of sp³-hybridized carbons (Fsp3) is 1.00. The van der Waals surface area contributed by atoms with E-state index in [0.717, 1.165) is 38.8 Å². The smallest absolute Gasteiger partial charge is 0.0612 e. The van der Waals surface area contributed by atoms with Crippen molar-refractivity contribution in [3.05, 3.63) is 0 Å². The van der Waals surface area contributed by atoms with Crippen LogP contribution in [-0.4, -0.2) is 37.0 Å². The Morgan fingerprint density at radius 3 is 2.50 bits per heavy atom. The second-order valence-electron chi connectivity index (χ2n) is 6.12. The summed E-state index contributed by atoms with van der Waals surface area (Å²) >= 11 is 0. The van der Waals surface area contributed by atoms with Gasteiger partial charge in [-0.1, -0.05) is 27.7 Å². The normalized spacial score (nSPS) is 25.7. The molecule has 1 aliphatic rings. The molecule has 2 N–H and O–H groups in total. The van der Waals surface area contributed by atoms with Crippen LogP contribution in [0.1, 0.15) is 53.4 Å². The van der Waals surface area contributed by atoms with Gasteiger partial charge in [-0.2, -0.15) is 0 Å². The van der Waals surface area contributed by atoms with Crippen molar-refractivity contribution in [1.29, 1.82) is 0 Å². The van der Waals surface area contributed by atoms with Gasteiger partial charge in [-0.15, -0.1) is 0 Å². The Balaban J connectivity index is 2.42. The van der Waals surface area contributed by atoms with Crippen LogP contribution in [0.25, 0.3) is 0 Å². The largest absolute Gasteiger partial charge is 0.396 e. The molecule has 1 fully saturated rings. The van der Waals surface area contributed by atoms with Crippen molar-refractivity contribution >= 4 is 0 Å². The van der Waals surface area contributed by atoms with E-state index >= 15 is 0 Å². The van der Waals surface area contributed by atoms with Crippen LogP contribution in [0.4, 0.5) is 0 Å². The van der Waals surface area contributed by atoms with Gasteiger partial charge >= 0.3 is 0 Å². The van der Waals surface area contributed by atoms with Crippen molar-refractivity contribution in [3.8, 4) is 0 Å². The summed E-state index contributed by atoms with van der Waals surface area (Å²) in [4.78, 5) is 0. The Morgan fingerprint density at radius 2 is 2.00 bits per heavy atom. The van der Waals surface area contributed by atoms with Crippen molar-refractivity contribution in [2.45, 2.75) is 65.5 Å². The Morgan fingerprint density at radius 1 is 1.33 bits per heavy atom. The molecule has 1 saturated heterocycles. The predicted molar refractivity (Wildman–Crippen MR) is 75.7 cm³/mol. The van der Waals surface area contributed by atoms with E-state index in [1.807, 2.05) is 0 Å². The maximum absolute atomic E-state index is 9.58. The Bertz CT molecular complexity index is 218. The highest BCUT2D eigenvalue weighted by Gasteiger charge is 2.29. The van der Waals surface area contributed by atoms with Gasteiger partial charge in [0.05, 0.1) is 6.10 Å². The minimum absolute atomic E-state index is 0.0611. The molecule has 2 unspecified atom stereocenters. The standard InChI is InChI=1S/C15H31NO2/c1-5-15(6-2,11-17)10-16-13-7-8-18-14(9-13)12(3)4/h12-14,16-17H,5-11H2,1-4H3. The molecule has 0 amide bonds. The molecule has 1 aliphatic heterocycles. The van der Waals surface area contributed by atoms with Crippen molar-refractivity contribution in [2.24, 2.45) is 11.3 Å². The van der Waals surface area contributed by atoms with Crippen LogP contribution in [-0.2, 0) is 4.74 Å². The van der Waals surface area contributed by atoms with E-state index in [1.165, 1.54) is 0 Å². The van der Waals surface area contributed by atoms with Gasteiger partial charge in [-0.3, -0.25) is 0 Å². The molecule has 3 nitrogen and oxygen atoms in total. The number of rotatable bonds is 7. The van der Waals surface area contributed by atoms with Gasteiger partial charge in [-0.25, -0.2) is 0 Å². The molecule has 2 atom stereocenters. The minimum Gasteiger partial charge on any atom is -0.396 e. The first-order valence-corrected chi connectivity index (χ1v) is 7.52. The molecule has 0 radical (unpaired) electrons. The molecule has 0 aromatic carbocycles. The van der Waals surface area contributed by atoms with E-state index in [2.05, 4.69) is 33.0 Å². The van der Waals surface area contributed by atoms with E-state index in [-0.39, 0.29) is 12.0 Å². The highest BCUT2D eigenvalue weighted by Crippen LogP contribution is 2.26. The molecule has 1 heterocycles. The predicted octanol–water partition coefficient (Wildman–Crippen LogP) is 2.58. The molecule has 0 saturated carbocycles. The maximum atomic E-state index is 9.58. The van der Waals surface area contributed by atoms with Crippen molar-refractivity contribution in [2.75, 3.05) is 19.8 Å². The summed E-state index contributed by atoms with van der Waals surface area (Å²) in [6, 6.07) is 0.551. The topological polar surface area (TPSA) is 41.5 Å². The van der Waals surface area contributed by atoms with E-state index in [9.17, 15) is 5.11 Å². The molecule has 0 aromatic heterocycles. The summed E-state index contributed by atoms with van der Waals surface area (Å²) in [5.74, 6) is 0.592. The number of ether oxygens (including phenoxy) is 1. The molecule has 0 aromatic rings. The highest BCUT2D eigenvalue weighted by atomic mass is 16.5. The van der Waals surface area contributed by atoms with Crippen molar-refractivity contribution in [3.63, 3.8) is 0 Å². The lowest BCUT2D eigenvalue weighted by Crippen LogP contribution is -2.46. The van der Waals surface area contributed by atoms with E-state index in [4.69, 9.17) is 4.74 Å². The zero-order valence-corrected chi connectivity index (χ0v) is 12.5. The lowest BCUT2D eigenvalue weighted by molar-refractivity contribution is -0.0269. The molecule has 0 aliphatic carbocycles. The van der Waals surface area contributed by atoms with E-state index in [0.29, 0.717) is 18.1 Å². The average Bonchev–Trinajstić information content (AvgIpc) is 2.41. The van der Waals surface area contributed by atoms with Gasteiger partial charge in [0.1, 0.15) is 0 Å². The molecule has 18 heavy (non-hydrogen) atoms. The number of hydrogen-bond acceptors (Lipinski definition) is 3. The summed E-state index contributed by atoms with van der Waals surface area (Å²) in [5.41, 5.74) is 0.0611. The number of nitrogens with one attached hydrogen (secondary N) is 1. The summed E-state index contributed by atoms with van der Waals surface area (Å²) in [6.45, 7) is 10.9. The van der Waals surface area contributed by atoms with Crippen LogP contribution in [0.2, 0.25) is 0 Å². The van der Waals surface area contributed by atoms with Gasteiger partial charge < -0.3 is 15.2 Å². The molecule has 0 spiro atoms. The van der Waals surface area contributed by atoms with Gasteiger partial charge in [0.25, 0.3) is 0 Å².